The zero-order valence-electron chi connectivity index (χ0n) is 17.8. The number of ketones is 1. The zero-order chi connectivity index (χ0) is 23.2. The van der Waals surface area contributed by atoms with E-state index in [9.17, 15) is 14.4 Å². The maximum atomic E-state index is 12.9. The monoisotopic (exact) mass is 463 g/mol. The van der Waals surface area contributed by atoms with Gasteiger partial charge in [-0.1, -0.05) is 41.9 Å². The molecule has 0 aliphatic carbocycles. The summed E-state index contributed by atoms with van der Waals surface area (Å²) in [5, 5.41) is 3.01. The Hall–Kier alpha value is -3.71. The molecule has 1 fully saturated rings. The van der Waals surface area contributed by atoms with E-state index in [1.165, 1.54) is 6.07 Å². The van der Waals surface area contributed by atoms with Gasteiger partial charge < -0.3 is 15.0 Å². The summed E-state index contributed by atoms with van der Waals surface area (Å²) in [7, 11) is 0. The Balaban J connectivity index is 1.44. The Bertz CT molecular complexity index is 1180. The lowest BCUT2D eigenvalue weighted by atomic mass is 10.0. The number of hydrogen-bond acceptors (Lipinski definition) is 6. The fourth-order valence-electron chi connectivity index (χ4n) is 3.69. The lowest BCUT2D eigenvalue weighted by molar-refractivity contribution is -0.119. The molecule has 168 valence electrons. The number of esters is 1. The maximum absolute atomic E-state index is 12.9. The van der Waals surface area contributed by atoms with Gasteiger partial charge in [-0.05, 0) is 43.2 Å². The van der Waals surface area contributed by atoms with E-state index in [0.29, 0.717) is 22.0 Å². The van der Waals surface area contributed by atoms with Crippen molar-refractivity contribution in [2.75, 3.05) is 29.9 Å². The number of anilines is 2. The van der Waals surface area contributed by atoms with Crippen LogP contribution in [0.1, 0.15) is 39.1 Å². The average molecular weight is 464 g/mol. The Labute approximate surface area is 196 Å². The normalized spacial score (nSPS) is 12.9. The topological polar surface area (TPSA) is 88.6 Å². The van der Waals surface area contributed by atoms with E-state index < -0.39 is 18.5 Å². The number of halogens is 1. The molecule has 4 rings (SSSR count). The average Bonchev–Trinajstić information content (AvgIpc) is 3.39. The van der Waals surface area contributed by atoms with Gasteiger partial charge in [-0.15, -0.1) is 0 Å². The molecule has 2 aromatic carbocycles. The van der Waals surface area contributed by atoms with Crippen molar-refractivity contribution in [2.45, 2.75) is 12.8 Å². The molecule has 1 aliphatic heterocycles. The first-order valence-corrected chi connectivity index (χ1v) is 11.0. The van der Waals surface area contributed by atoms with Gasteiger partial charge in [-0.3, -0.25) is 9.59 Å². The molecule has 1 amide bonds. The summed E-state index contributed by atoms with van der Waals surface area (Å²) in [6, 6.07) is 16.6. The van der Waals surface area contributed by atoms with Crippen molar-refractivity contribution in [1.29, 1.82) is 0 Å². The van der Waals surface area contributed by atoms with Gasteiger partial charge in [0.05, 0.1) is 5.69 Å². The van der Waals surface area contributed by atoms with Crippen LogP contribution >= 0.6 is 11.6 Å². The maximum Gasteiger partial charge on any atom is 0.342 e. The minimum absolute atomic E-state index is 0.247. The third-order valence-corrected chi connectivity index (χ3v) is 5.52. The van der Waals surface area contributed by atoms with Crippen molar-refractivity contribution < 1.29 is 19.1 Å². The summed E-state index contributed by atoms with van der Waals surface area (Å²) in [5.74, 6) is -0.916. The summed E-state index contributed by atoms with van der Waals surface area (Å²) in [5.41, 5.74) is 1.32. The van der Waals surface area contributed by atoms with E-state index >= 15 is 0 Å². The van der Waals surface area contributed by atoms with Crippen molar-refractivity contribution in [1.82, 2.24) is 4.98 Å². The summed E-state index contributed by atoms with van der Waals surface area (Å²) < 4.78 is 5.24. The fourth-order valence-corrected chi connectivity index (χ4v) is 3.86. The number of aromatic nitrogens is 1. The van der Waals surface area contributed by atoms with Crippen LogP contribution in [0.5, 0.6) is 0 Å². The highest BCUT2D eigenvalue weighted by Crippen LogP contribution is 2.25. The Kier molecular flexibility index (Phi) is 7.00. The number of nitrogens with one attached hydrogen (secondary N) is 1. The molecule has 0 radical (unpaired) electrons. The van der Waals surface area contributed by atoms with Gasteiger partial charge in [0.25, 0.3) is 5.91 Å². The number of nitrogens with zero attached hydrogens (tertiary/aromatic N) is 2. The number of ether oxygens (including phenoxy) is 1. The second-order valence-electron chi connectivity index (χ2n) is 7.58. The number of rotatable bonds is 7. The molecule has 1 aromatic heterocycles. The summed E-state index contributed by atoms with van der Waals surface area (Å²) in [6.45, 7) is 1.15. The van der Waals surface area contributed by atoms with Crippen LogP contribution in [0.4, 0.5) is 11.5 Å². The zero-order valence-corrected chi connectivity index (χ0v) is 18.5. The van der Waals surface area contributed by atoms with Crippen LogP contribution < -0.4 is 10.2 Å². The van der Waals surface area contributed by atoms with E-state index in [1.54, 1.807) is 54.7 Å². The molecule has 8 heteroatoms. The molecular weight excluding hydrogens is 442 g/mol. The highest BCUT2D eigenvalue weighted by Gasteiger charge is 2.22. The molecule has 2 heterocycles. The van der Waals surface area contributed by atoms with Crippen molar-refractivity contribution in [3.8, 4) is 0 Å². The predicted octanol–water partition coefficient (Wildman–Crippen LogP) is 4.36. The third-order valence-electron chi connectivity index (χ3n) is 5.28. The molecular formula is C25H22ClN3O4. The molecule has 1 aliphatic rings. The number of carbonyl (C=O) groups is 3. The lowest BCUT2D eigenvalue weighted by Gasteiger charge is -2.19. The molecule has 0 bridgehead atoms. The standard InChI is InChI=1S/C25H22ClN3O4/c26-18-10-11-21(20(15-18)23(31)17-7-2-1-3-8-17)28-22(30)16-33-25(32)19-9-6-12-27-24(19)29-13-4-5-14-29/h1-3,6-12,15H,4-5,13-14,16H2,(H,28,30). The summed E-state index contributed by atoms with van der Waals surface area (Å²) in [4.78, 5) is 44.4. The fraction of sp³-hybridized carbons (Fsp3) is 0.200. The number of amides is 1. The van der Waals surface area contributed by atoms with Crippen molar-refractivity contribution in [2.24, 2.45) is 0 Å². The first-order chi connectivity index (χ1) is 16.0. The van der Waals surface area contributed by atoms with E-state index in [-0.39, 0.29) is 17.0 Å². The minimum Gasteiger partial charge on any atom is -0.452 e. The van der Waals surface area contributed by atoms with Gasteiger partial charge >= 0.3 is 5.97 Å². The molecule has 3 aromatic rings. The highest BCUT2D eigenvalue weighted by atomic mass is 35.5. The van der Waals surface area contributed by atoms with Crippen molar-refractivity contribution >= 4 is 40.8 Å². The van der Waals surface area contributed by atoms with Crippen molar-refractivity contribution in [3.63, 3.8) is 0 Å². The van der Waals surface area contributed by atoms with Crippen molar-refractivity contribution in [3.05, 3.63) is 88.6 Å². The summed E-state index contributed by atoms with van der Waals surface area (Å²) >= 11 is 6.08. The number of hydrogen-bond donors (Lipinski definition) is 1. The van der Waals surface area contributed by atoms with E-state index in [0.717, 1.165) is 25.9 Å². The minimum atomic E-state index is -0.628. The Morgan fingerprint density at radius 1 is 0.970 bits per heavy atom. The third kappa shape index (κ3) is 5.38. The van der Waals surface area contributed by atoms with Crippen LogP contribution in [0.3, 0.4) is 0 Å². The Morgan fingerprint density at radius 2 is 1.73 bits per heavy atom. The first-order valence-electron chi connectivity index (χ1n) is 10.6. The first kappa shape index (κ1) is 22.5. The number of carbonyl (C=O) groups excluding carboxylic acids is 3. The molecule has 1 N–H and O–H groups in total. The molecule has 0 saturated carbocycles. The number of benzene rings is 2. The van der Waals surface area contributed by atoms with Crippen LogP contribution in [0.2, 0.25) is 5.02 Å². The largest absolute Gasteiger partial charge is 0.452 e. The Morgan fingerprint density at radius 3 is 2.48 bits per heavy atom. The number of pyridine rings is 1. The SMILES string of the molecule is O=C(COC(=O)c1cccnc1N1CCCC1)Nc1ccc(Cl)cc1C(=O)c1ccccc1. The van der Waals surface area contributed by atoms with Crippen LogP contribution in [0, 0.1) is 0 Å². The van der Waals surface area contributed by atoms with Crippen LogP contribution in [0.25, 0.3) is 0 Å². The van der Waals surface area contributed by atoms with E-state index in [1.807, 2.05) is 11.0 Å². The summed E-state index contributed by atoms with van der Waals surface area (Å²) in [6.07, 6.45) is 3.71. The molecule has 0 spiro atoms. The quantitative estimate of drug-likeness (QED) is 0.413. The smallest absolute Gasteiger partial charge is 0.342 e. The second kappa shape index (κ2) is 10.3. The van der Waals surface area contributed by atoms with Crippen LogP contribution in [-0.4, -0.2) is 42.3 Å². The van der Waals surface area contributed by atoms with Crippen LogP contribution in [0.15, 0.2) is 66.9 Å². The molecule has 7 nitrogen and oxygen atoms in total. The van der Waals surface area contributed by atoms with Gasteiger partial charge in [-0.25, -0.2) is 9.78 Å². The van der Waals surface area contributed by atoms with Crippen LogP contribution in [-0.2, 0) is 9.53 Å². The molecule has 0 atom stereocenters. The highest BCUT2D eigenvalue weighted by molar-refractivity contribution is 6.31. The van der Waals surface area contributed by atoms with Gasteiger partial charge in [0.1, 0.15) is 11.4 Å². The molecule has 33 heavy (non-hydrogen) atoms. The molecule has 1 saturated heterocycles. The lowest BCUT2D eigenvalue weighted by Crippen LogP contribution is -2.25. The van der Waals surface area contributed by atoms with E-state index in [2.05, 4.69) is 10.3 Å². The van der Waals surface area contributed by atoms with Gasteiger partial charge in [0.15, 0.2) is 12.4 Å². The predicted molar refractivity (Wildman–Crippen MR) is 126 cm³/mol. The van der Waals surface area contributed by atoms with Gasteiger partial charge in [0, 0.05) is 35.4 Å². The second-order valence-corrected chi connectivity index (χ2v) is 8.01. The molecule has 0 unspecified atom stereocenters. The van der Waals surface area contributed by atoms with Gasteiger partial charge in [-0.2, -0.15) is 0 Å². The van der Waals surface area contributed by atoms with E-state index in [4.69, 9.17) is 16.3 Å². The van der Waals surface area contributed by atoms with Gasteiger partial charge in [0.2, 0.25) is 0 Å².